The van der Waals surface area contributed by atoms with Crippen LogP contribution in [0, 0.1) is 0 Å². The zero-order chi connectivity index (χ0) is 19.6. The number of halogens is 4. The van der Waals surface area contributed by atoms with E-state index in [-0.39, 0.29) is 51.6 Å². The number of carboxylic acid groups (broad SMARTS) is 1. The van der Waals surface area contributed by atoms with Crippen LogP contribution in [0.5, 0.6) is 0 Å². The smallest absolute Gasteiger partial charge is 1.00 e. The van der Waals surface area contributed by atoms with E-state index in [2.05, 4.69) is 10.2 Å². The van der Waals surface area contributed by atoms with Crippen LogP contribution < -0.4 is 18.9 Å². The minimum atomic E-state index is -4.22. The van der Waals surface area contributed by atoms with Gasteiger partial charge in [-0.2, -0.15) is 13.2 Å². The molecule has 0 atom stereocenters. The Morgan fingerprint density at radius 1 is 1.29 bits per heavy atom. The van der Waals surface area contributed by atoms with Crippen molar-refractivity contribution in [2.75, 3.05) is 19.6 Å². The monoisotopic (exact) mass is 409 g/mol. The van der Waals surface area contributed by atoms with Gasteiger partial charge in [-0.1, -0.05) is 17.7 Å². The Morgan fingerprint density at radius 3 is 2.61 bits per heavy atom. The topological polar surface area (TPSA) is 79.5 Å². The fourth-order valence-electron chi connectivity index (χ4n) is 2.84. The van der Waals surface area contributed by atoms with Crippen LogP contribution in [0.2, 0.25) is 5.02 Å². The van der Waals surface area contributed by atoms with E-state index >= 15 is 0 Å². The average molecular weight is 410 g/mol. The number of nitrogens with zero attached hydrogens (tertiary/aromatic N) is 3. The zero-order valence-corrected chi connectivity index (χ0v) is 15.7. The number of carboxylic acids is 1. The Kier molecular flexibility index (Phi) is 7.34. The number of rotatable bonds is 5. The molecule has 1 aliphatic heterocycles. The quantitative estimate of drug-likeness (QED) is 0.735. The summed E-state index contributed by atoms with van der Waals surface area (Å²) in [7, 11) is 0. The molecule has 2 heterocycles. The number of alkyl halides is 3. The maximum absolute atomic E-state index is 12.5. The van der Waals surface area contributed by atoms with Crippen LogP contribution in [0.1, 0.15) is 19.3 Å². The van der Waals surface area contributed by atoms with Crippen LogP contribution in [0.4, 0.5) is 13.2 Å². The van der Waals surface area contributed by atoms with Crippen molar-refractivity contribution in [2.45, 2.75) is 19.0 Å². The molecule has 0 fully saturated rings. The summed E-state index contributed by atoms with van der Waals surface area (Å²) in [6, 6.07) is 5.06. The maximum Gasteiger partial charge on any atom is 1.00 e. The Hall–Kier alpha value is -1.79. The predicted molar refractivity (Wildman–Crippen MR) is 92.3 cm³/mol. The first-order valence-corrected chi connectivity index (χ1v) is 8.41. The molecule has 0 amide bonds. The summed E-state index contributed by atoms with van der Waals surface area (Å²) in [5.74, 6) is -0.989. The number of aromatic nitrogens is 2. The summed E-state index contributed by atoms with van der Waals surface area (Å²) in [5, 5.41) is 16.7. The van der Waals surface area contributed by atoms with E-state index in [4.69, 9.17) is 21.1 Å². The van der Waals surface area contributed by atoms with Gasteiger partial charge in [0.1, 0.15) is 6.42 Å². The summed E-state index contributed by atoms with van der Waals surface area (Å²) in [4.78, 5) is 12.0. The molecule has 1 N–H and O–H groups in total. The summed E-state index contributed by atoms with van der Waals surface area (Å²) in [5.41, 5.74) is 2.14. The molecule has 3 rings (SSSR count). The SMILES string of the molecule is O=C(O)Cc1nnc(-c2cc(Cl)cc(C3=CCN(CC(F)(F)F)CC3)c2)o1.[H-].[Li+]. The van der Waals surface area contributed by atoms with Crippen molar-refractivity contribution in [1.82, 2.24) is 15.1 Å². The van der Waals surface area contributed by atoms with Gasteiger partial charge in [0.05, 0.1) is 6.54 Å². The first-order chi connectivity index (χ1) is 12.7. The molecule has 146 valence electrons. The van der Waals surface area contributed by atoms with Gasteiger partial charge in [-0.15, -0.1) is 10.2 Å². The van der Waals surface area contributed by atoms with Crippen molar-refractivity contribution < 1.29 is 47.8 Å². The minimum Gasteiger partial charge on any atom is -1.00 e. The molecule has 0 unspecified atom stereocenters. The Bertz CT molecular complexity index is 892. The molecule has 28 heavy (non-hydrogen) atoms. The molecular formula is C17H16ClF3LiN3O3. The van der Waals surface area contributed by atoms with Gasteiger partial charge in [0.25, 0.3) is 0 Å². The van der Waals surface area contributed by atoms with E-state index < -0.39 is 18.7 Å². The average Bonchev–Trinajstić information content (AvgIpc) is 3.01. The molecule has 1 aromatic carbocycles. The van der Waals surface area contributed by atoms with Crippen molar-refractivity contribution >= 4 is 23.1 Å². The zero-order valence-electron chi connectivity index (χ0n) is 16.0. The van der Waals surface area contributed by atoms with Gasteiger partial charge in [0.15, 0.2) is 0 Å². The Morgan fingerprint density at radius 2 is 2.00 bits per heavy atom. The number of benzene rings is 1. The first kappa shape index (κ1) is 22.5. The Balaban J connectivity index is 0.00000210. The molecule has 0 bridgehead atoms. The van der Waals surface area contributed by atoms with Crippen molar-refractivity contribution in [1.29, 1.82) is 0 Å². The molecule has 2 aromatic rings. The normalized spacial score (nSPS) is 15.1. The predicted octanol–water partition coefficient (Wildman–Crippen LogP) is 0.785. The molecule has 6 nitrogen and oxygen atoms in total. The van der Waals surface area contributed by atoms with Crippen LogP contribution in [0.25, 0.3) is 17.0 Å². The molecule has 0 saturated heterocycles. The molecule has 1 aromatic heterocycles. The van der Waals surface area contributed by atoms with Crippen molar-refractivity contribution in [2.24, 2.45) is 0 Å². The maximum atomic E-state index is 12.5. The summed E-state index contributed by atoms with van der Waals surface area (Å²) in [6.07, 6.45) is -2.42. The number of hydrogen-bond acceptors (Lipinski definition) is 5. The van der Waals surface area contributed by atoms with E-state index in [9.17, 15) is 18.0 Å². The van der Waals surface area contributed by atoms with Crippen molar-refractivity contribution in [3.05, 3.63) is 40.8 Å². The second-order valence-electron chi connectivity index (χ2n) is 6.13. The third-order valence-electron chi connectivity index (χ3n) is 3.98. The molecule has 0 spiro atoms. The number of aliphatic carboxylic acids is 1. The van der Waals surface area contributed by atoms with E-state index in [1.54, 1.807) is 24.3 Å². The first-order valence-electron chi connectivity index (χ1n) is 8.03. The van der Waals surface area contributed by atoms with E-state index in [1.807, 2.05) is 0 Å². The van der Waals surface area contributed by atoms with Gasteiger partial charge in [0, 0.05) is 23.7 Å². The van der Waals surface area contributed by atoms with Crippen LogP contribution in [0.3, 0.4) is 0 Å². The summed E-state index contributed by atoms with van der Waals surface area (Å²) >= 11 is 6.16. The van der Waals surface area contributed by atoms with Gasteiger partial charge < -0.3 is 11.0 Å². The van der Waals surface area contributed by atoms with Gasteiger partial charge in [-0.3, -0.25) is 9.69 Å². The van der Waals surface area contributed by atoms with Gasteiger partial charge in [-0.05, 0) is 35.8 Å². The van der Waals surface area contributed by atoms with Crippen LogP contribution >= 0.6 is 11.6 Å². The van der Waals surface area contributed by atoms with Gasteiger partial charge in [-0.25, -0.2) is 0 Å². The second-order valence-corrected chi connectivity index (χ2v) is 6.57. The van der Waals surface area contributed by atoms with Crippen molar-refractivity contribution in [3.8, 4) is 11.5 Å². The van der Waals surface area contributed by atoms with Gasteiger partial charge in [0.2, 0.25) is 11.8 Å². The fourth-order valence-corrected chi connectivity index (χ4v) is 3.08. The van der Waals surface area contributed by atoms with Crippen LogP contribution in [-0.2, 0) is 11.2 Å². The largest absolute Gasteiger partial charge is 1.00 e. The standard InChI is InChI=1S/C17H15ClF3N3O3.Li.H/c18-13-6-11(10-1-3-24(4-2-10)9-17(19,20)21)5-12(7-13)16-23-22-14(27-16)8-15(25)26;;/h1,5-7H,2-4,8-9H2,(H,25,26);;/q;+1;-1. The summed E-state index contributed by atoms with van der Waals surface area (Å²) in [6.45, 7) is -0.456. The van der Waals surface area contributed by atoms with Gasteiger partial charge >= 0.3 is 31.0 Å². The molecule has 11 heteroatoms. The molecule has 0 radical (unpaired) electrons. The van der Waals surface area contributed by atoms with E-state index in [0.29, 0.717) is 17.0 Å². The minimum absolute atomic E-state index is 0. The third-order valence-corrected chi connectivity index (χ3v) is 4.20. The molecule has 0 saturated carbocycles. The second kappa shape index (κ2) is 9.14. The Labute approximate surface area is 177 Å². The van der Waals surface area contributed by atoms with Crippen LogP contribution in [0.15, 0.2) is 28.7 Å². The van der Waals surface area contributed by atoms with E-state index in [1.165, 1.54) is 4.90 Å². The fraction of sp³-hybridized carbons (Fsp3) is 0.353. The number of carbonyl (C=O) groups is 1. The number of hydrogen-bond donors (Lipinski definition) is 1. The van der Waals surface area contributed by atoms with Crippen LogP contribution in [-0.4, -0.2) is 52.0 Å². The summed E-state index contributed by atoms with van der Waals surface area (Å²) < 4.78 is 42.8. The third kappa shape index (κ3) is 6.11. The molecule has 0 aliphatic carbocycles. The van der Waals surface area contributed by atoms with Crippen molar-refractivity contribution in [3.63, 3.8) is 0 Å². The molecular weight excluding hydrogens is 394 g/mol. The molecule has 1 aliphatic rings. The van der Waals surface area contributed by atoms with E-state index in [0.717, 1.165) is 11.1 Å².